The van der Waals surface area contributed by atoms with Gasteiger partial charge >= 0.3 is 0 Å². The molecular formula is C22H23N3O4S2. The van der Waals surface area contributed by atoms with Crippen molar-refractivity contribution in [3.05, 3.63) is 76.8 Å². The smallest absolute Gasteiger partial charge is 0.271 e. The number of rotatable bonds is 7. The molecule has 0 radical (unpaired) electrons. The molecule has 0 aliphatic carbocycles. The zero-order valence-electron chi connectivity index (χ0n) is 16.9. The van der Waals surface area contributed by atoms with E-state index in [0.29, 0.717) is 37.6 Å². The van der Waals surface area contributed by atoms with Gasteiger partial charge in [-0.3, -0.25) is 4.79 Å². The zero-order chi connectivity index (χ0) is 21.7. The van der Waals surface area contributed by atoms with E-state index in [1.807, 2.05) is 48.5 Å². The Balaban J connectivity index is 1.42. The number of thiazole rings is 1. The normalized spacial score (nSPS) is 15.0. The third kappa shape index (κ3) is 5.37. The predicted octanol–water partition coefficient (Wildman–Crippen LogP) is 2.90. The van der Waals surface area contributed by atoms with Gasteiger partial charge in [0.1, 0.15) is 10.7 Å². The van der Waals surface area contributed by atoms with Gasteiger partial charge in [-0.25, -0.2) is 13.4 Å². The molecule has 0 bridgehead atoms. The minimum Gasteiger partial charge on any atom is -0.379 e. The Morgan fingerprint density at radius 1 is 1.03 bits per heavy atom. The van der Waals surface area contributed by atoms with Gasteiger partial charge in [-0.2, -0.15) is 4.31 Å². The number of nitrogens with one attached hydrogen (secondary N) is 1. The number of benzene rings is 2. The molecule has 1 saturated heterocycles. The van der Waals surface area contributed by atoms with E-state index in [1.54, 1.807) is 11.4 Å². The van der Waals surface area contributed by atoms with Crippen molar-refractivity contribution in [3.63, 3.8) is 0 Å². The van der Waals surface area contributed by atoms with Gasteiger partial charge < -0.3 is 10.1 Å². The molecule has 2 heterocycles. The molecule has 0 unspecified atom stereocenters. The molecule has 3 aromatic rings. The van der Waals surface area contributed by atoms with E-state index in [9.17, 15) is 13.2 Å². The molecule has 9 heteroatoms. The number of carbonyl (C=O) groups excluding carboxylic acids is 1. The maximum absolute atomic E-state index is 12.8. The van der Waals surface area contributed by atoms with E-state index in [-0.39, 0.29) is 18.2 Å². The first kappa shape index (κ1) is 21.6. The van der Waals surface area contributed by atoms with E-state index >= 15 is 0 Å². The quantitative estimate of drug-likeness (QED) is 0.589. The fourth-order valence-electron chi connectivity index (χ4n) is 3.34. The number of ether oxygens (including phenoxy) is 1. The van der Waals surface area contributed by atoms with Crippen LogP contribution in [0.3, 0.4) is 0 Å². The first-order chi connectivity index (χ1) is 15.0. The molecule has 1 aliphatic rings. The largest absolute Gasteiger partial charge is 0.379 e. The molecule has 0 atom stereocenters. The van der Waals surface area contributed by atoms with Gasteiger partial charge in [0.2, 0.25) is 10.0 Å². The average Bonchev–Trinajstić information content (AvgIpc) is 3.30. The van der Waals surface area contributed by atoms with Gasteiger partial charge in [0.05, 0.1) is 19.0 Å². The van der Waals surface area contributed by atoms with Crippen LogP contribution >= 0.6 is 11.3 Å². The molecule has 162 valence electrons. The first-order valence-electron chi connectivity index (χ1n) is 9.94. The van der Waals surface area contributed by atoms with Gasteiger partial charge in [-0.15, -0.1) is 11.3 Å². The van der Waals surface area contributed by atoms with Crippen LogP contribution in [0.2, 0.25) is 0 Å². The summed E-state index contributed by atoms with van der Waals surface area (Å²) >= 11 is 1.41. The van der Waals surface area contributed by atoms with Gasteiger partial charge in [0.25, 0.3) is 5.91 Å². The monoisotopic (exact) mass is 457 g/mol. The van der Waals surface area contributed by atoms with Crippen molar-refractivity contribution in [1.82, 2.24) is 14.6 Å². The van der Waals surface area contributed by atoms with Crippen LogP contribution in [0.25, 0.3) is 10.6 Å². The second-order valence-electron chi connectivity index (χ2n) is 7.12. The lowest BCUT2D eigenvalue weighted by Crippen LogP contribution is -2.41. The Labute approximate surface area is 185 Å². The van der Waals surface area contributed by atoms with E-state index in [2.05, 4.69) is 10.3 Å². The standard InChI is InChI=1S/C22H23N3O4S2/c26-21(20-15-30-22(24-20)17-6-2-1-3-7-17)23-14-18-8-4-5-9-19(18)16-31(27,28)25-10-12-29-13-11-25/h1-9,15H,10-14,16H2,(H,23,26). The first-order valence-corrected chi connectivity index (χ1v) is 12.4. The fourth-order valence-corrected chi connectivity index (χ4v) is 5.71. The van der Waals surface area contributed by atoms with Crippen LogP contribution in [0.15, 0.2) is 60.0 Å². The van der Waals surface area contributed by atoms with Crippen LogP contribution < -0.4 is 5.32 Å². The maximum Gasteiger partial charge on any atom is 0.271 e. The highest BCUT2D eigenvalue weighted by atomic mass is 32.2. The minimum absolute atomic E-state index is 0.103. The lowest BCUT2D eigenvalue weighted by Gasteiger charge is -2.26. The second kappa shape index (κ2) is 9.69. The average molecular weight is 458 g/mol. The minimum atomic E-state index is -3.45. The summed E-state index contributed by atoms with van der Waals surface area (Å²) in [6.07, 6.45) is 0. The van der Waals surface area contributed by atoms with Crippen molar-refractivity contribution < 1.29 is 17.9 Å². The number of morpholine rings is 1. The Hall–Kier alpha value is -2.59. The lowest BCUT2D eigenvalue weighted by molar-refractivity contribution is 0.0729. The molecule has 1 fully saturated rings. The van der Waals surface area contributed by atoms with E-state index in [0.717, 1.165) is 16.1 Å². The molecule has 0 saturated carbocycles. The Bertz CT molecular complexity index is 1140. The number of carbonyl (C=O) groups is 1. The zero-order valence-corrected chi connectivity index (χ0v) is 18.5. The molecule has 4 rings (SSSR count). The lowest BCUT2D eigenvalue weighted by atomic mass is 10.1. The SMILES string of the molecule is O=C(NCc1ccccc1CS(=O)(=O)N1CCOCC1)c1csc(-c2ccccc2)n1. The van der Waals surface area contributed by atoms with Crippen LogP contribution in [0, 0.1) is 0 Å². The highest BCUT2D eigenvalue weighted by Gasteiger charge is 2.25. The number of amides is 1. The van der Waals surface area contributed by atoms with Crippen molar-refractivity contribution in [2.45, 2.75) is 12.3 Å². The molecular weight excluding hydrogens is 434 g/mol. The van der Waals surface area contributed by atoms with Crippen molar-refractivity contribution in [2.75, 3.05) is 26.3 Å². The number of sulfonamides is 1. The Kier molecular flexibility index (Phi) is 6.77. The van der Waals surface area contributed by atoms with Crippen LogP contribution in [-0.4, -0.2) is 49.9 Å². The molecule has 0 spiro atoms. The van der Waals surface area contributed by atoms with Crippen molar-refractivity contribution >= 4 is 27.3 Å². The van der Waals surface area contributed by atoms with Crippen LogP contribution in [0.4, 0.5) is 0 Å². The summed E-state index contributed by atoms with van der Waals surface area (Å²) < 4.78 is 32.3. The molecule has 2 aromatic carbocycles. The summed E-state index contributed by atoms with van der Waals surface area (Å²) in [6.45, 7) is 1.79. The third-order valence-corrected chi connectivity index (χ3v) is 7.74. The van der Waals surface area contributed by atoms with E-state index in [4.69, 9.17) is 4.74 Å². The molecule has 1 aromatic heterocycles. The topological polar surface area (TPSA) is 88.6 Å². The van der Waals surface area contributed by atoms with E-state index in [1.165, 1.54) is 15.6 Å². The number of nitrogens with zero attached hydrogens (tertiary/aromatic N) is 2. The molecule has 1 amide bonds. The number of hydrogen-bond donors (Lipinski definition) is 1. The third-order valence-electron chi connectivity index (χ3n) is 5.02. The number of aromatic nitrogens is 1. The summed E-state index contributed by atoms with van der Waals surface area (Å²) in [4.78, 5) is 17.0. The van der Waals surface area contributed by atoms with Crippen molar-refractivity contribution in [1.29, 1.82) is 0 Å². The van der Waals surface area contributed by atoms with Gasteiger partial charge in [0.15, 0.2) is 0 Å². The fraction of sp³-hybridized carbons (Fsp3) is 0.273. The summed E-state index contributed by atoms with van der Waals surface area (Å²) in [5.74, 6) is -0.391. The summed E-state index contributed by atoms with van der Waals surface area (Å²) in [7, 11) is -3.45. The molecule has 1 aliphatic heterocycles. The van der Waals surface area contributed by atoms with Crippen LogP contribution in [0.5, 0.6) is 0 Å². The van der Waals surface area contributed by atoms with Crippen molar-refractivity contribution in [2.24, 2.45) is 0 Å². The molecule has 31 heavy (non-hydrogen) atoms. The summed E-state index contributed by atoms with van der Waals surface area (Å²) in [5, 5.41) is 5.37. The highest BCUT2D eigenvalue weighted by molar-refractivity contribution is 7.88. The van der Waals surface area contributed by atoms with Crippen molar-refractivity contribution in [3.8, 4) is 10.6 Å². The van der Waals surface area contributed by atoms with Gasteiger partial charge in [-0.05, 0) is 11.1 Å². The van der Waals surface area contributed by atoms with Crippen LogP contribution in [0.1, 0.15) is 21.6 Å². The molecule has 1 N–H and O–H groups in total. The summed E-state index contributed by atoms with van der Waals surface area (Å²) in [5.41, 5.74) is 2.76. The van der Waals surface area contributed by atoms with Crippen LogP contribution in [-0.2, 0) is 27.1 Å². The summed E-state index contributed by atoms with van der Waals surface area (Å²) in [6, 6.07) is 17.0. The number of hydrogen-bond acceptors (Lipinski definition) is 6. The maximum atomic E-state index is 12.8. The predicted molar refractivity (Wildman–Crippen MR) is 120 cm³/mol. The second-order valence-corrected chi connectivity index (χ2v) is 9.95. The molecule has 7 nitrogen and oxygen atoms in total. The van der Waals surface area contributed by atoms with E-state index < -0.39 is 10.0 Å². The van der Waals surface area contributed by atoms with Gasteiger partial charge in [0, 0.05) is 30.6 Å². The Morgan fingerprint density at radius 2 is 1.71 bits per heavy atom. The highest BCUT2D eigenvalue weighted by Crippen LogP contribution is 2.23. The Morgan fingerprint density at radius 3 is 2.45 bits per heavy atom. The van der Waals surface area contributed by atoms with Gasteiger partial charge in [-0.1, -0.05) is 54.6 Å².